The molecule has 0 spiro atoms. The highest BCUT2D eigenvalue weighted by molar-refractivity contribution is 7.45. The summed E-state index contributed by atoms with van der Waals surface area (Å²) in [5.41, 5.74) is -1.62. The highest BCUT2D eigenvalue weighted by Crippen LogP contribution is 2.38. The van der Waals surface area contributed by atoms with Gasteiger partial charge in [0.2, 0.25) is 0 Å². The molecule has 0 aliphatic rings. The number of phosphoric ester groups is 1. The number of hydrogen-bond acceptors (Lipinski definition) is 8. The van der Waals surface area contributed by atoms with Gasteiger partial charge in [0, 0.05) is 0 Å². The quantitative estimate of drug-likeness (QED) is 0.500. The van der Waals surface area contributed by atoms with Gasteiger partial charge in [-0.1, -0.05) is 6.92 Å². The SMILES string of the molecule is CCCOP(=O)([O-])OCC(NC(=O)OC(C)(C)C)C(=O)OC(C)(C)C. The molecule has 0 aliphatic carbocycles. The molecule has 0 fully saturated rings. The fourth-order valence-electron chi connectivity index (χ4n) is 1.40. The Morgan fingerprint density at radius 1 is 1.04 bits per heavy atom. The van der Waals surface area contributed by atoms with E-state index in [9.17, 15) is 19.0 Å². The van der Waals surface area contributed by atoms with Crippen LogP contribution in [0.25, 0.3) is 0 Å². The molecule has 0 heterocycles. The molecule has 0 saturated carbocycles. The van der Waals surface area contributed by atoms with Crippen LogP contribution in [0.4, 0.5) is 4.79 Å². The van der Waals surface area contributed by atoms with Gasteiger partial charge in [-0.15, -0.1) is 0 Å². The van der Waals surface area contributed by atoms with Crippen LogP contribution in [0.15, 0.2) is 0 Å². The maximum absolute atomic E-state index is 12.2. The zero-order valence-electron chi connectivity index (χ0n) is 15.9. The molecule has 1 amide bonds. The summed E-state index contributed by atoms with van der Waals surface area (Å²) >= 11 is 0. The van der Waals surface area contributed by atoms with Gasteiger partial charge in [-0.3, -0.25) is 4.57 Å². The number of amides is 1. The summed E-state index contributed by atoms with van der Waals surface area (Å²) in [6, 6.07) is -1.37. The minimum absolute atomic E-state index is 0.0443. The Kier molecular flexibility index (Phi) is 9.08. The average Bonchev–Trinajstić information content (AvgIpc) is 2.37. The van der Waals surface area contributed by atoms with Crippen molar-refractivity contribution in [1.82, 2.24) is 5.32 Å². The number of hydrogen-bond donors (Lipinski definition) is 1. The molecule has 25 heavy (non-hydrogen) atoms. The lowest BCUT2D eigenvalue weighted by Crippen LogP contribution is -2.48. The summed E-state index contributed by atoms with van der Waals surface area (Å²) in [4.78, 5) is 35.7. The fourth-order valence-corrected chi connectivity index (χ4v) is 2.21. The topological polar surface area (TPSA) is 123 Å². The summed E-state index contributed by atoms with van der Waals surface area (Å²) in [5, 5.41) is 2.25. The zero-order valence-corrected chi connectivity index (χ0v) is 16.8. The number of alkyl carbamates (subject to hydrolysis) is 1. The first-order valence-corrected chi connectivity index (χ1v) is 9.44. The van der Waals surface area contributed by atoms with Crippen molar-refractivity contribution in [2.75, 3.05) is 13.2 Å². The number of nitrogens with one attached hydrogen (secondary N) is 1. The number of rotatable bonds is 8. The molecular weight excluding hydrogens is 353 g/mol. The minimum atomic E-state index is -4.59. The lowest BCUT2D eigenvalue weighted by Gasteiger charge is -2.28. The largest absolute Gasteiger partial charge is 0.756 e. The Hall–Kier alpha value is -1.15. The summed E-state index contributed by atoms with van der Waals surface area (Å²) in [5.74, 6) is -0.853. The van der Waals surface area contributed by atoms with E-state index in [0.717, 1.165) is 0 Å². The number of ether oxygens (including phenoxy) is 2. The molecular formula is C15H29NO8P-. The van der Waals surface area contributed by atoms with E-state index in [2.05, 4.69) is 14.4 Å². The van der Waals surface area contributed by atoms with Crippen molar-refractivity contribution in [2.45, 2.75) is 72.1 Å². The Morgan fingerprint density at radius 2 is 1.56 bits per heavy atom. The highest BCUT2D eigenvalue weighted by Gasteiger charge is 2.30. The number of carbonyl (C=O) groups is 2. The molecule has 2 atom stereocenters. The van der Waals surface area contributed by atoms with Gasteiger partial charge in [0.25, 0.3) is 7.82 Å². The van der Waals surface area contributed by atoms with Crippen LogP contribution in [-0.4, -0.2) is 42.5 Å². The second kappa shape index (κ2) is 9.52. The van der Waals surface area contributed by atoms with E-state index < -0.39 is 43.7 Å². The third-order valence-corrected chi connectivity index (χ3v) is 3.20. The van der Waals surface area contributed by atoms with E-state index in [1.807, 2.05) is 0 Å². The molecule has 9 nitrogen and oxygen atoms in total. The van der Waals surface area contributed by atoms with E-state index in [1.54, 1.807) is 48.5 Å². The maximum Gasteiger partial charge on any atom is 0.408 e. The number of carbonyl (C=O) groups excluding carboxylic acids is 2. The Labute approximate surface area is 149 Å². The van der Waals surface area contributed by atoms with Crippen LogP contribution in [0.3, 0.4) is 0 Å². The van der Waals surface area contributed by atoms with Crippen molar-refractivity contribution in [2.24, 2.45) is 0 Å². The lowest BCUT2D eigenvalue weighted by atomic mass is 10.2. The molecule has 0 saturated heterocycles. The first kappa shape index (κ1) is 23.9. The lowest BCUT2D eigenvalue weighted by molar-refractivity contribution is -0.226. The molecule has 0 radical (unpaired) electrons. The standard InChI is InChI=1S/C15H30NO8P/c1-8-9-21-25(19,20)22-10-11(12(17)23-14(2,3)4)16-13(18)24-15(5,6)7/h11H,8-10H2,1-7H3,(H,16,18)(H,19,20)/p-1. The molecule has 148 valence electrons. The average molecular weight is 382 g/mol. The van der Waals surface area contributed by atoms with Gasteiger partial charge < -0.3 is 28.7 Å². The molecule has 0 aromatic carbocycles. The van der Waals surface area contributed by atoms with Crippen molar-refractivity contribution in [3.63, 3.8) is 0 Å². The summed E-state index contributed by atoms with van der Waals surface area (Å²) < 4.78 is 31.1. The highest BCUT2D eigenvalue weighted by atomic mass is 31.2. The Balaban J connectivity index is 4.98. The molecule has 0 aromatic heterocycles. The van der Waals surface area contributed by atoms with Gasteiger partial charge in [-0.25, -0.2) is 9.59 Å². The molecule has 0 bridgehead atoms. The molecule has 0 aliphatic heterocycles. The molecule has 2 unspecified atom stereocenters. The Bertz CT molecular complexity index is 495. The van der Waals surface area contributed by atoms with Crippen LogP contribution in [0.5, 0.6) is 0 Å². The van der Waals surface area contributed by atoms with Crippen molar-refractivity contribution < 1.29 is 37.6 Å². The fraction of sp³-hybridized carbons (Fsp3) is 0.867. The van der Waals surface area contributed by atoms with Crippen LogP contribution in [0.2, 0.25) is 0 Å². The zero-order chi connectivity index (χ0) is 19.9. The van der Waals surface area contributed by atoms with Crippen LogP contribution in [-0.2, 0) is 27.9 Å². The first-order valence-electron chi connectivity index (χ1n) is 7.98. The van der Waals surface area contributed by atoms with Gasteiger partial charge in [-0.2, -0.15) is 0 Å². The van der Waals surface area contributed by atoms with Crippen LogP contribution < -0.4 is 10.2 Å². The predicted octanol–water partition coefficient (Wildman–Crippen LogP) is 2.13. The van der Waals surface area contributed by atoms with Crippen molar-refractivity contribution in [3.05, 3.63) is 0 Å². The second-order valence-corrected chi connectivity index (χ2v) is 8.72. The number of esters is 1. The van der Waals surface area contributed by atoms with E-state index in [4.69, 9.17) is 9.47 Å². The van der Waals surface area contributed by atoms with Crippen molar-refractivity contribution in [3.8, 4) is 0 Å². The summed E-state index contributed by atoms with van der Waals surface area (Å²) in [7, 11) is -4.59. The molecule has 0 rings (SSSR count). The normalized spacial score (nSPS) is 15.8. The smallest absolute Gasteiger partial charge is 0.408 e. The van der Waals surface area contributed by atoms with Gasteiger partial charge in [0.15, 0.2) is 6.04 Å². The maximum atomic E-state index is 12.2. The third-order valence-electron chi connectivity index (χ3n) is 2.24. The van der Waals surface area contributed by atoms with Crippen molar-refractivity contribution in [1.29, 1.82) is 0 Å². The van der Waals surface area contributed by atoms with E-state index in [1.165, 1.54) is 0 Å². The molecule has 1 N–H and O–H groups in total. The van der Waals surface area contributed by atoms with Crippen molar-refractivity contribution >= 4 is 19.9 Å². The van der Waals surface area contributed by atoms with E-state index >= 15 is 0 Å². The van der Waals surface area contributed by atoms with Gasteiger partial charge in [0.05, 0.1) is 13.2 Å². The molecule has 0 aromatic rings. The third kappa shape index (κ3) is 12.8. The molecule has 10 heteroatoms. The van der Waals surface area contributed by atoms with Crippen LogP contribution in [0.1, 0.15) is 54.9 Å². The summed E-state index contributed by atoms with van der Waals surface area (Å²) in [6.45, 7) is 10.9. The van der Waals surface area contributed by atoms with Gasteiger partial charge in [0.1, 0.15) is 11.2 Å². The Morgan fingerprint density at radius 3 is 2.00 bits per heavy atom. The van der Waals surface area contributed by atoms with Crippen LogP contribution in [0, 0.1) is 0 Å². The van der Waals surface area contributed by atoms with E-state index in [0.29, 0.717) is 6.42 Å². The minimum Gasteiger partial charge on any atom is -0.756 e. The second-order valence-electron chi connectivity index (χ2n) is 7.31. The van der Waals surface area contributed by atoms with E-state index in [-0.39, 0.29) is 6.61 Å². The number of phosphoric acid groups is 1. The van der Waals surface area contributed by atoms with Gasteiger partial charge >= 0.3 is 12.1 Å². The first-order chi connectivity index (χ1) is 11.2. The predicted molar refractivity (Wildman–Crippen MR) is 88.8 cm³/mol. The van der Waals surface area contributed by atoms with Crippen LogP contribution >= 0.6 is 7.82 Å². The monoisotopic (exact) mass is 382 g/mol. The summed E-state index contributed by atoms with van der Waals surface area (Å²) in [6.07, 6.45) is -0.427. The van der Waals surface area contributed by atoms with Gasteiger partial charge in [-0.05, 0) is 48.0 Å².